The van der Waals surface area contributed by atoms with Gasteiger partial charge in [0.25, 0.3) is 0 Å². The molecule has 7 heteroatoms. The molecule has 0 amide bonds. The third kappa shape index (κ3) is 4.69. The Kier molecular flexibility index (Phi) is 6.11. The molecule has 0 aliphatic rings. The SMILES string of the molecule is Cc1c(Cc2ccccc2)c(=O)oc2ccc(OCC(O)CNc3nccs3)cc12. The number of anilines is 1. The van der Waals surface area contributed by atoms with Gasteiger partial charge in [-0.25, -0.2) is 9.78 Å². The number of ether oxygens (including phenoxy) is 1. The van der Waals surface area contributed by atoms with Crippen LogP contribution in [-0.4, -0.2) is 29.3 Å². The summed E-state index contributed by atoms with van der Waals surface area (Å²) in [5.41, 5.74) is 2.77. The fourth-order valence-corrected chi connectivity index (χ4v) is 3.77. The van der Waals surface area contributed by atoms with E-state index in [-0.39, 0.29) is 12.2 Å². The molecule has 0 saturated carbocycles. The molecule has 1 unspecified atom stereocenters. The van der Waals surface area contributed by atoms with E-state index >= 15 is 0 Å². The molecule has 0 saturated heterocycles. The summed E-state index contributed by atoms with van der Waals surface area (Å²) >= 11 is 1.48. The van der Waals surface area contributed by atoms with Gasteiger partial charge in [0.15, 0.2) is 5.13 Å². The van der Waals surface area contributed by atoms with Gasteiger partial charge in [-0.2, -0.15) is 0 Å². The van der Waals surface area contributed by atoms with E-state index in [1.807, 2.05) is 48.7 Å². The maximum atomic E-state index is 12.5. The van der Waals surface area contributed by atoms with Crippen molar-refractivity contribution >= 4 is 27.4 Å². The van der Waals surface area contributed by atoms with Crippen LogP contribution in [0.4, 0.5) is 5.13 Å². The van der Waals surface area contributed by atoms with Crippen LogP contribution in [0.25, 0.3) is 11.0 Å². The van der Waals surface area contributed by atoms with Crippen molar-refractivity contribution in [3.8, 4) is 5.75 Å². The molecule has 0 fully saturated rings. The minimum absolute atomic E-state index is 0.135. The Morgan fingerprint density at radius 2 is 2.07 bits per heavy atom. The molecule has 2 heterocycles. The van der Waals surface area contributed by atoms with E-state index in [0.29, 0.717) is 29.9 Å². The number of nitrogens with zero attached hydrogens (tertiary/aromatic N) is 1. The van der Waals surface area contributed by atoms with Gasteiger partial charge in [0.1, 0.15) is 24.0 Å². The number of rotatable bonds is 8. The van der Waals surface area contributed by atoms with Gasteiger partial charge >= 0.3 is 5.63 Å². The normalized spacial score (nSPS) is 12.1. The molecular formula is C23H22N2O4S. The van der Waals surface area contributed by atoms with Crippen LogP contribution in [0.2, 0.25) is 0 Å². The maximum absolute atomic E-state index is 12.5. The number of aliphatic hydroxyl groups excluding tert-OH is 1. The number of thiazole rings is 1. The predicted molar refractivity (Wildman–Crippen MR) is 119 cm³/mol. The number of fused-ring (bicyclic) bond motifs is 1. The topological polar surface area (TPSA) is 84.6 Å². The Hall–Kier alpha value is -3.16. The first-order valence-electron chi connectivity index (χ1n) is 9.64. The molecule has 4 aromatic rings. The lowest BCUT2D eigenvalue weighted by molar-refractivity contribution is 0.117. The van der Waals surface area contributed by atoms with Gasteiger partial charge in [-0.3, -0.25) is 0 Å². The minimum Gasteiger partial charge on any atom is -0.491 e. The molecule has 4 rings (SSSR count). The zero-order valence-electron chi connectivity index (χ0n) is 16.5. The van der Waals surface area contributed by atoms with E-state index in [2.05, 4.69) is 10.3 Å². The van der Waals surface area contributed by atoms with Gasteiger partial charge in [0.05, 0.1) is 0 Å². The molecule has 0 aliphatic carbocycles. The molecule has 0 bridgehead atoms. The predicted octanol–water partition coefficient (Wildman–Crippen LogP) is 4.00. The Labute approximate surface area is 177 Å². The number of aryl methyl sites for hydroxylation is 1. The summed E-state index contributed by atoms with van der Waals surface area (Å²) in [6, 6.07) is 15.1. The standard InChI is InChI=1S/C23H22N2O4S/c1-15-19-12-18(28-14-17(26)13-25-23-24-9-10-30-23)7-8-21(19)29-22(27)20(15)11-16-5-3-2-4-6-16/h2-10,12,17,26H,11,13-14H2,1H3,(H,24,25). The fourth-order valence-electron chi connectivity index (χ4n) is 3.23. The fraction of sp³-hybridized carbons (Fsp3) is 0.217. The van der Waals surface area contributed by atoms with Gasteiger partial charge in [-0.05, 0) is 36.2 Å². The van der Waals surface area contributed by atoms with E-state index in [1.54, 1.807) is 18.3 Å². The summed E-state index contributed by atoms with van der Waals surface area (Å²) in [6.07, 6.45) is 1.53. The molecule has 2 N–H and O–H groups in total. The van der Waals surface area contributed by atoms with E-state index in [9.17, 15) is 9.90 Å². The zero-order chi connectivity index (χ0) is 20.9. The van der Waals surface area contributed by atoms with Crippen LogP contribution in [0.5, 0.6) is 5.75 Å². The van der Waals surface area contributed by atoms with E-state index in [1.165, 1.54) is 11.3 Å². The first kappa shape index (κ1) is 20.1. The van der Waals surface area contributed by atoms with E-state index < -0.39 is 6.10 Å². The van der Waals surface area contributed by atoms with Crippen LogP contribution in [0, 0.1) is 6.92 Å². The second kappa shape index (κ2) is 9.11. The van der Waals surface area contributed by atoms with Crippen molar-refractivity contribution in [2.75, 3.05) is 18.5 Å². The Morgan fingerprint density at radius 1 is 1.23 bits per heavy atom. The smallest absolute Gasteiger partial charge is 0.340 e. The molecule has 0 radical (unpaired) electrons. The highest BCUT2D eigenvalue weighted by molar-refractivity contribution is 7.13. The number of hydrogen-bond acceptors (Lipinski definition) is 7. The van der Waals surface area contributed by atoms with Gasteiger partial charge in [0.2, 0.25) is 0 Å². The largest absolute Gasteiger partial charge is 0.491 e. The van der Waals surface area contributed by atoms with Crippen molar-refractivity contribution in [3.05, 3.63) is 87.2 Å². The van der Waals surface area contributed by atoms with Crippen LogP contribution in [0.1, 0.15) is 16.7 Å². The second-order valence-electron chi connectivity index (χ2n) is 7.00. The first-order chi connectivity index (χ1) is 14.6. The third-order valence-electron chi connectivity index (χ3n) is 4.84. The number of hydrogen-bond donors (Lipinski definition) is 2. The lowest BCUT2D eigenvalue weighted by Crippen LogP contribution is -2.26. The molecule has 30 heavy (non-hydrogen) atoms. The molecule has 2 aromatic heterocycles. The molecule has 154 valence electrons. The van der Waals surface area contributed by atoms with Crippen molar-refractivity contribution in [2.45, 2.75) is 19.4 Å². The Bertz CT molecular complexity index is 1170. The van der Waals surface area contributed by atoms with Gasteiger partial charge < -0.3 is 19.6 Å². The minimum atomic E-state index is -0.687. The van der Waals surface area contributed by atoms with Crippen LogP contribution in [0.15, 0.2) is 69.3 Å². The zero-order valence-corrected chi connectivity index (χ0v) is 17.3. The highest BCUT2D eigenvalue weighted by Crippen LogP contribution is 2.25. The van der Waals surface area contributed by atoms with Crippen LogP contribution in [0.3, 0.4) is 0 Å². The lowest BCUT2D eigenvalue weighted by Gasteiger charge is -2.14. The maximum Gasteiger partial charge on any atom is 0.340 e. The van der Waals surface area contributed by atoms with E-state index in [4.69, 9.17) is 9.15 Å². The summed E-state index contributed by atoms with van der Waals surface area (Å²) in [6.45, 7) is 2.40. The quantitative estimate of drug-likeness (QED) is 0.418. The van der Waals surface area contributed by atoms with Crippen molar-refractivity contribution in [2.24, 2.45) is 0 Å². The van der Waals surface area contributed by atoms with E-state index in [0.717, 1.165) is 21.6 Å². The summed E-state index contributed by atoms with van der Waals surface area (Å²) in [5.74, 6) is 0.610. The number of benzene rings is 2. The third-order valence-corrected chi connectivity index (χ3v) is 5.57. The summed E-state index contributed by atoms with van der Waals surface area (Å²) in [7, 11) is 0. The Morgan fingerprint density at radius 3 is 2.83 bits per heavy atom. The number of nitrogens with one attached hydrogen (secondary N) is 1. The molecule has 6 nitrogen and oxygen atoms in total. The van der Waals surface area contributed by atoms with Gasteiger partial charge in [0, 0.05) is 35.5 Å². The van der Waals surface area contributed by atoms with Crippen molar-refractivity contribution in [1.82, 2.24) is 4.98 Å². The number of aromatic nitrogens is 1. The summed E-state index contributed by atoms with van der Waals surface area (Å²) in [4.78, 5) is 16.6. The molecule has 2 aromatic carbocycles. The first-order valence-corrected chi connectivity index (χ1v) is 10.5. The lowest BCUT2D eigenvalue weighted by atomic mass is 9.99. The summed E-state index contributed by atoms with van der Waals surface area (Å²) < 4.78 is 11.3. The van der Waals surface area contributed by atoms with Crippen LogP contribution < -0.4 is 15.7 Å². The Balaban J connectivity index is 1.49. The van der Waals surface area contributed by atoms with Crippen molar-refractivity contribution in [3.63, 3.8) is 0 Å². The molecular weight excluding hydrogens is 400 g/mol. The van der Waals surface area contributed by atoms with Crippen molar-refractivity contribution < 1.29 is 14.3 Å². The van der Waals surface area contributed by atoms with Crippen LogP contribution >= 0.6 is 11.3 Å². The molecule has 0 aliphatic heterocycles. The second-order valence-corrected chi connectivity index (χ2v) is 7.89. The highest BCUT2D eigenvalue weighted by Gasteiger charge is 2.13. The number of aliphatic hydroxyl groups is 1. The average Bonchev–Trinajstić information content (AvgIpc) is 3.28. The van der Waals surface area contributed by atoms with Crippen molar-refractivity contribution in [1.29, 1.82) is 0 Å². The van der Waals surface area contributed by atoms with Gasteiger partial charge in [-0.15, -0.1) is 11.3 Å². The van der Waals surface area contributed by atoms with Gasteiger partial charge in [-0.1, -0.05) is 30.3 Å². The highest BCUT2D eigenvalue weighted by atomic mass is 32.1. The van der Waals surface area contributed by atoms with Crippen LogP contribution in [-0.2, 0) is 6.42 Å². The monoisotopic (exact) mass is 422 g/mol. The average molecular weight is 423 g/mol. The molecule has 0 spiro atoms. The molecule has 1 atom stereocenters. The summed E-state index contributed by atoms with van der Waals surface area (Å²) in [5, 5.41) is 16.7.